The number of hydrogen-bond donors (Lipinski definition) is 1. The maximum absolute atomic E-state index is 13.0. The smallest absolute Gasteiger partial charge is 0.341 e. The molecule has 110 valence electrons. The lowest BCUT2D eigenvalue weighted by Gasteiger charge is -2.21. The number of hydrogen-bond acceptors (Lipinski definition) is 4. The normalized spacial score (nSPS) is 10.4. The first-order chi connectivity index (χ1) is 10.1. The molecule has 0 spiro atoms. The second-order valence-electron chi connectivity index (χ2n) is 4.42. The molecule has 0 atom stereocenters. The summed E-state index contributed by atoms with van der Waals surface area (Å²) in [5, 5.41) is 9.25. The van der Waals surface area contributed by atoms with Crippen molar-refractivity contribution in [2.24, 2.45) is 0 Å². The molecular formula is C15H16FN3O2. The largest absolute Gasteiger partial charge is 0.477 e. The molecule has 0 bridgehead atoms. The Bertz CT molecular complexity index is 640. The average Bonchev–Trinajstić information content (AvgIpc) is 2.49. The third-order valence-corrected chi connectivity index (χ3v) is 3.16. The van der Waals surface area contributed by atoms with Crippen molar-refractivity contribution in [1.82, 2.24) is 9.97 Å². The fourth-order valence-corrected chi connectivity index (χ4v) is 2.03. The van der Waals surface area contributed by atoms with Gasteiger partial charge in [-0.3, -0.25) is 0 Å². The Kier molecular flexibility index (Phi) is 4.47. The molecule has 2 rings (SSSR count). The van der Waals surface area contributed by atoms with Crippen molar-refractivity contribution in [3.63, 3.8) is 0 Å². The quantitative estimate of drug-likeness (QED) is 0.916. The van der Waals surface area contributed by atoms with Crippen LogP contribution in [-0.2, 0) is 0 Å². The number of carboxylic acids is 1. The van der Waals surface area contributed by atoms with Gasteiger partial charge >= 0.3 is 5.97 Å². The van der Waals surface area contributed by atoms with Crippen molar-refractivity contribution in [2.75, 3.05) is 18.0 Å². The Morgan fingerprint density at radius 3 is 2.38 bits per heavy atom. The molecule has 0 saturated heterocycles. The number of aromatic nitrogens is 2. The van der Waals surface area contributed by atoms with Crippen molar-refractivity contribution < 1.29 is 14.3 Å². The number of aromatic carboxylic acids is 1. The van der Waals surface area contributed by atoms with E-state index in [-0.39, 0.29) is 11.4 Å². The summed E-state index contributed by atoms with van der Waals surface area (Å²) in [6.07, 6.45) is 1.29. The van der Waals surface area contributed by atoms with Gasteiger partial charge in [0.2, 0.25) is 0 Å². The van der Waals surface area contributed by atoms with Gasteiger partial charge in [0.15, 0.2) is 5.82 Å². The molecular weight excluding hydrogens is 273 g/mol. The Balaban J connectivity index is 2.52. The molecule has 0 fully saturated rings. The molecule has 0 amide bonds. The molecule has 0 aliphatic heterocycles. The maximum Gasteiger partial charge on any atom is 0.341 e. The molecule has 1 heterocycles. The van der Waals surface area contributed by atoms with Gasteiger partial charge < -0.3 is 10.0 Å². The van der Waals surface area contributed by atoms with E-state index in [2.05, 4.69) is 9.97 Å². The zero-order valence-electron chi connectivity index (χ0n) is 11.9. The molecule has 0 unspecified atom stereocenters. The molecule has 0 saturated carbocycles. The SMILES string of the molecule is CCN(CC)c1nc(-c2ccc(F)cc2)ncc1C(=O)O. The third-order valence-electron chi connectivity index (χ3n) is 3.16. The molecule has 0 aliphatic carbocycles. The Morgan fingerprint density at radius 2 is 1.86 bits per heavy atom. The highest BCUT2D eigenvalue weighted by Crippen LogP contribution is 2.22. The van der Waals surface area contributed by atoms with Gasteiger partial charge in [-0.05, 0) is 38.1 Å². The molecule has 0 radical (unpaired) electrons. The maximum atomic E-state index is 13.0. The summed E-state index contributed by atoms with van der Waals surface area (Å²) >= 11 is 0. The second-order valence-corrected chi connectivity index (χ2v) is 4.42. The van der Waals surface area contributed by atoms with E-state index in [1.807, 2.05) is 18.7 Å². The summed E-state index contributed by atoms with van der Waals surface area (Å²) in [4.78, 5) is 21.6. The van der Waals surface area contributed by atoms with Gasteiger partial charge in [0.1, 0.15) is 17.2 Å². The lowest BCUT2D eigenvalue weighted by atomic mass is 10.2. The van der Waals surface area contributed by atoms with Crippen molar-refractivity contribution in [2.45, 2.75) is 13.8 Å². The molecule has 6 heteroatoms. The standard InChI is InChI=1S/C15H16FN3O2/c1-3-19(4-2)14-12(15(20)21)9-17-13(18-14)10-5-7-11(16)8-6-10/h5-9H,3-4H2,1-2H3,(H,20,21). The minimum atomic E-state index is -1.07. The van der Waals surface area contributed by atoms with Crippen molar-refractivity contribution >= 4 is 11.8 Å². The summed E-state index contributed by atoms with van der Waals surface area (Å²) in [5.41, 5.74) is 0.700. The molecule has 1 aromatic carbocycles. The molecule has 5 nitrogen and oxygen atoms in total. The van der Waals surface area contributed by atoms with Crippen molar-refractivity contribution in [3.05, 3.63) is 41.8 Å². The van der Waals surface area contributed by atoms with Crippen LogP contribution in [0.3, 0.4) is 0 Å². The van der Waals surface area contributed by atoms with Gasteiger partial charge in [-0.15, -0.1) is 0 Å². The summed E-state index contributed by atoms with van der Waals surface area (Å²) in [5.74, 6) is -0.656. The molecule has 1 N–H and O–H groups in total. The first-order valence-electron chi connectivity index (χ1n) is 6.68. The predicted molar refractivity (Wildman–Crippen MR) is 77.9 cm³/mol. The van der Waals surface area contributed by atoms with E-state index in [4.69, 9.17) is 0 Å². The number of anilines is 1. The average molecular weight is 289 g/mol. The van der Waals surface area contributed by atoms with Crippen LogP contribution in [-0.4, -0.2) is 34.1 Å². The lowest BCUT2D eigenvalue weighted by Crippen LogP contribution is -2.26. The zero-order chi connectivity index (χ0) is 15.4. The van der Waals surface area contributed by atoms with E-state index >= 15 is 0 Å². The van der Waals surface area contributed by atoms with Gasteiger partial charge in [-0.1, -0.05) is 0 Å². The van der Waals surface area contributed by atoms with Crippen LogP contribution in [0.5, 0.6) is 0 Å². The Morgan fingerprint density at radius 1 is 1.24 bits per heavy atom. The van der Waals surface area contributed by atoms with Crippen molar-refractivity contribution in [1.29, 1.82) is 0 Å². The summed E-state index contributed by atoms with van der Waals surface area (Å²) in [6, 6.07) is 5.77. The van der Waals surface area contributed by atoms with Gasteiger partial charge in [0.05, 0.1) is 0 Å². The van der Waals surface area contributed by atoms with Crippen molar-refractivity contribution in [3.8, 4) is 11.4 Å². The molecule has 21 heavy (non-hydrogen) atoms. The van der Waals surface area contributed by atoms with E-state index in [0.29, 0.717) is 30.3 Å². The highest BCUT2D eigenvalue weighted by molar-refractivity contribution is 5.93. The zero-order valence-corrected chi connectivity index (χ0v) is 11.9. The lowest BCUT2D eigenvalue weighted by molar-refractivity contribution is 0.0696. The summed E-state index contributed by atoms with van der Waals surface area (Å²) < 4.78 is 13.0. The van der Waals surface area contributed by atoms with Gasteiger partial charge in [0, 0.05) is 24.8 Å². The fourth-order valence-electron chi connectivity index (χ4n) is 2.03. The van der Waals surface area contributed by atoms with E-state index in [9.17, 15) is 14.3 Å². The molecule has 1 aromatic heterocycles. The van der Waals surface area contributed by atoms with Crippen LogP contribution < -0.4 is 4.90 Å². The van der Waals surface area contributed by atoms with E-state index < -0.39 is 5.97 Å². The number of nitrogens with zero attached hydrogens (tertiary/aromatic N) is 3. The Labute approximate surface area is 122 Å². The third kappa shape index (κ3) is 3.16. The number of halogens is 1. The van der Waals surface area contributed by atoms with Crippen LogP contribution in [0.2, 0.25) is 0 Å². The summed E-state index contributed by atoms with van der Waals surface area (Å²) in [6.45, 7) is 5.12. The van der Waals surface area contributed by atoms with Crippen LogP contribution in [0.15, 0.2) is 30.5 Å². The number of benzene rings is 1. The number of carbonyl (C=O) groups is 1. The van der Waals surface area contributed by atoms with Crippen LogP contribution in [0.1, 0.15) is 24.2 Å². The first-order valence-corrected chi connectivity index (χ1v) is 6.68. The van der Waals surface area contributed by atoms with Crippen LogP contribution >= 0.6 is 0 Å². The van der Waals surface area contributed by atoms with E-state index in [0.717, 1.165) is 0 Å². The fraction of sp³-hybridized carbons (Fsp3) is 0.267. The topological polar surface area (TPSA) is 66.3 Å². The Hall–Kier alpha value is -2.50. The molecule has 2 aromatic rings. The van der Waals surface area contributed by atoms with Crippen LogP contribution in [0.25, 0.3) is 11.4 Å². The summed E-state index contributed by atoms with van der Waals surface area (Å²) in [7, 11) is 0. The van der Waals surface area contributed by atoms with E-state index in [1.54, 1.807) is 12.1 Å². The number of carboxylic acid groups (broad SMARTS) is 1. The highest BCUT2D eigenvalue weighted by Gasteiger charge is 2.18. The van der Waals surface area contributed by atoms with Gasteiger partial charge in [-0.25, -0.2) is 19.2 Å². The second kappa shape index (κ2) is 6.30. The van der Waals surface area contributed by atoms with Crippen LogP contribution in [0.4, 0.5) is 10.2 Å². The van der Waals surface area contributed by atoms with Gasteiger partial charge in [0.25, 0.3) is 0 Å². The van der Waals surface area contributed by atoms with E-state index in [1.165, 1.54) is 18.3 Å². The van der Waals surface area contributed by atoms with Gasteiger partial charge in [-0.2, -0.15) is 0 Å². The monoisotopic (exact) mass is 289 g/mol. The first kappa shape index (κ1) is 14.9. The predicted octanol–water partition coefficient (Wildman–Crippen LogP) is 2.83. The van der Waals surface area contributed by atoms with Crippen LogP contribution in [0, 0.1) is 5.82 Å². The minimum Gasteiger partial charge on any atom is -0.477 e. The number of rotatable bonds is 5. The highest BCUT2D eigenvalue weighted by atomic mass is 19.1. The minimum absolute atomic E-state index is 0.0598. The molecule has 0 aliphatic rings.